The first-order valence-electron chi connectivity index (χ1n) is 7.12. The molecule has 2 amide bonds. The molecule has 6 nitrogen and oxygen atoms in total. The van der Waals surface area contributed by atoms with Gasteiger partial charge >= 0.3 is 6.09 Å². The molecule has 0 radical (unpaired) electrons. The van der Waals surface area contributed by atoms with Crippen LogP contribution in [0, 0.1) is 0 Å². The molecule has 0 aliphatic carbocycles. The van der Waals surface area contributed by atoms with Crippen molar-refractivity contribution >= 4 is 12.0 Å². The number of ether oxygens (including phenoxy) is 1. The van der Waals surface area contributed by atoms with E-state index in [4.69, 9.17) is 10.5 Å². The molecule has 1 saturated heterocycles. The standard InChI is InChI=1S/C14H27N3O3/c1-10(15)12(18)16(5)9-11-7-6-8-17(11)13(19)20-14(2,3)4/h10-11H,6-9,15H2,1-5H3/t10-,11+/m0/s1. The zero-order valence-electron chi connectivity index (χ0n) is 13.2. The van der Waals surface area contributed by atoms with E-state index in [0.29, 0.717) is 13.1 Å². The second kappa shape index (κ2) is 6.43. The van der Waals surface area contributed by atoms with Crippen LogP contribution in [0.4, 0.5) is 4.79 Å². The monoisotopic (exact) mass is 285 g/mol. The fourth-order valence-corrected chi connectivity index (χ4v) is 2.34. The van der Waals surface area contributed by atoms with Gasteiger partial charge in [-0.25, -0.2) is 4.79 Å². The van der Waals surface area contributed by atoms with Crippen LogP contribution in [0.5, 0.6) is 0 Å². The molecule has 1 rings (SSSR count). The highest BCUT2D eigenvalue weighted by atomic mass is 16.6. The summed E-state index contributed by atoms with van der Waals surface area (Å²) in [5.41, 5.74) is 5.09. The Morgan fingerprint density at radius 1 is 1.45 bits per heavy atom. The first kappa shape index (κ1) is 16.8. The van der Waals surface area contributed by atoms with Gasteiger partial charge < -0.3 is 20.3 Å². The van der Waals surface area contributed by atoms with Gasteiger partial charge in [-0.2, -0.15) is 0 Å². The van der Waals surface area contributed by atoms with E-state index in [1.54, 1.807) is 23.8 Å². The highest BCUT2D eigenvalue weighted by Crippen LogP contribution is 2.21. The number of hydrogen-bond acceptors (Lipinski definition) is 4. The maximum absolute atomic E-state index is 12.1. The van der Waals surface area contributed by atoms with Crippen molar-refractivity contribution in [3.05, 3.63) is 0 Å². The van der Waals surface area contributed by atoms with Crippen LogP contribution < -0.4 is 5.73 Å². The van der Waals surface area contributed by atoms with E-state index in [0.717, 1.165) is 12.8 Å². The van der Waals surface area contributed by atoms with Gasteiger partial charge in [0.15, 0.2) is 0 Å². The van der Waals surface area contributed by atoms with Crippen molar-refractivity contribution in [3.8, 4) is 0 Å². The van der Waals surface area contributed by atoms with Crippen LogP contribution in [0.1, 0.15) is 40.5 Å². The Morgan fingerprint density at radius 2 is 2.05 bits per heavy atom. The Morgan fingerprint density at radius 3 is 2.55 bits per heavy atom. The van der Waals surface area contributed by atoms with Gasteiger partial charge in [0, 0.05) is 20.1 Å². The van der Waals surface area contributed by atoms with E-state index in [1.165, 1.54) is 0 Å². The highest BCUT2D eigenvalue weighted by Gasteiger charge is 2.33. The molecular formula is C14H27N3O3. The molecule has 0 bridgehead atoms. The second-order valence-corrected chi connectivity index (χ2v) is 6.48. The van der Waals surface area contributed by atoms with E-state index in [2.05, 4.69) is 0 Å². The van der Waals surface area contributed by atoms with Crippen molar-refractivity contribution in [2.75, 3.05) is 20.1 Å². The Labute approximate surface area is 121 Å². The molecular weight excluding hydrogens is 258 g/mol. The lowest BCUT2D eigenvalue weighted by molar-refractivity contribution is -0.131. The first-order chi connectivity index (χ1) is 9.11. The van der Waals surface area contributed by atoms with Crippen LogP contribution in [-0.4, -0.2) is 59.6 Å². The van der Waals surface area contributed by atoms with E-state index in [9.17, 15) is 9.59 Å². The van der Waals surface area contributed by atoms with Gasteiger partial charge in [-0.1, -0.05) is 0 Å². The SMILES string of the molecule is C[C@H](N)C(=O)N(C)C[C@H]1CCCN1C(=O)OC(C)(C)C. The minimum absolute atomic E-state index is 0.0116. The molecule has 1 aliphatic heterocycles. The van der Waals surface area contributed by atoms with Gasteiger partial charge in [-0.3, -0.25) is 4.79 Å². The van der Waals surface area contributed by atoms with Crippen LogP contribution in [-0.2, 0) is 9.53 Å². The molecule has 6 heteroatoms. The summed E-state index contributed by atoms with van der Waals surface area (Å²) in [4.78, 5) is 27.2. The Bertz CT molecular complexity index is 363. The average Bonchev–Trinajstić information content (AvgIpc) is 2.73. The lowest BCUT2D eigenvalue weighted by Crippen LogP contribution is -2.48. The third-order valence-corrected chi connectivity index (χ3v) is 3.26. The highest BCUT2D eigenvalue weighted by molar-refractivity contribution is 5.81. The van der Waals surface area contributed by atoms with Gasteiger partial charge in [-0.05, 0) is 40.5 Å². The molecule has 0 aromatic carbocycles. The number of rotatable bonds is 3. The summed E-state index contributed by atoms with van der Waals surface area (Å²) >= 11 is 0. The quantitative estimate of drug-likeness (QED) is 0.845. The fourth-order valence-electron chi connectivity index (χ4n) is 2.34. The number of amides is 2. The van der Waals surface area contributed by atoms with Crippen molar-refractivity contribution in [1.82, 2.24) is 9.80 Å². The zero-order valence-corrected chi connectivity index (χ0v) is 13.2. The summed E-state index contributed by atoms with van der Waals surface area (Å²) < 4.78 is 5.40. The number of nitrogens with zero attached hydrogens (tertiary/aromatic N) is 2. The molecule has 1 aliphatic rings. The van der Waals surface area contributed by atoms with Crippen molar-refractivity contribution in [2.45, 2.75) is 58.2 Å². The van der Waals surface area contributed by atoms with Gasteiger partial charge in [0.1, 0.15) is 5.60 Å². The van der Waals surface area contributed by atoms with Crippen molar-refractivity contribution < 1.29 is 14.3 Å². The lowest BCUT2D eigenvalue weighted by Gasteiger charge is -2.31. The molecule has 116 valence electrons. The molecule has 2 atom stereocenters. The number of nitrogens with two attached hydrogens (primary N) is 1. The summed E-state index contributed by atoms with van der Waals surface area (Å²) in [6, 6.07) is -0.506. The molecule has 0 spiro atoms. The molecule has 0 saturated carbocycles. The van der Waals surface area contributed by atoms with Crippen LogP contribution in [0.25, 0.3) is 0 Å². The van der Waals surface area contributed by atoms with Crippen LogP contribution in [0.15, 0.2) is 0 Å². The topological polar surface area (TPSA) is 75.9 Å². The molecule has 0 unspecified atom stereocenters. The molecule has 1 fully saturated rings. The number of hydrogen-bond donors (Lipinski definition) is 1. The molecule has 1 heterocycles. The van der Waals surface area contributed by atoms with Gasteiger partial charge in [0.2, 0.25) is 5.91 Å². The predicted octanol–water partition coefficient (Wildman–Crippen LogP) is 1.19. The zero-order chi connectivity index (χ0) is 15.5. The van der Waals surface area contributed by atoms with Crippen molar-refractivity contribution in [3.63, 3.8) is 0 Å². The third kappa shape index (κ3) is 4.67. The summed E-state index contributed by atoms with van der Waals surface area (Å²) in [5.74, 6) is -0.110. The lowest BCUT2D eigenvalue weighted by atomic mass is 10.2. The Kier molecular flexibility index (Phi) is 5.39. The number of carbonyl (C=O) groups is 2. The number of likely N-dealkylation sites (tertiary alicyclic amines) is 1. The normalized spacial score (nSPS) is 20.7. The summed E-state index contributed by atoms with van der Waals surface area (Å²) in [5, 5.41) is 0. The van der Waals surface area contributed by atoms with Crippen molar-refractivity contribution in [1.29, 1.82) is 0 Å². The number of likely N-dealkylation sites (N-methyl/N-ethyl adjacent to an activating group) is 1. The third-order valence-electron chi connectivity index (χ3n) is 3.26. The van der Waals surface area contributed by atoms with E-state index in [-0.39, 0.29) is 18.0 Å². The van der Waals surface area contributed by atoms with Crippen LogP contribution in [0.3, 0.4) is 0 Å². The predicted molar refractivity (Wildman–Crippen MR) is 77.2 cm³/mol. The smallest absolute Gasteiger partial charge is 0.410 e. The molecule has 0 aromatic heterocycles. The Hall–Kier alpha value is -1.30. The number of carbonyl (C=O) groups excluding carboxylic acids is 2. The van der Waals surface area contributed by atoms with Crippen LogP contribution in [0.2, 0.25) is 0 Å². The summed E-state index contributed by atoms with van der Waals surface area (Å²) in [6.07, 6.45) is 1.52. The van der Waals surface area contributed by atoms with E-state index >= 15 is 0 Å². The van der Waals surface area contributed by atoms with Crippen molar-refractivity contribution in [2.24, 2.45) is 5.73 Å². The molecule has 20 heavy (non-hydrogen) atoms. The van der Waals surface area contributed by atoms with E-state index < -0.39 is 11.6 Å². The summed E-state index contributed by atoms with van der Waals surface area (Å²) in [6.45, 7) is 8.39. The summed E-state index contributed by atoms with van der Waals surface area (Å²) in [7, 11) is 1.72. The largest absolute Gasteiger partial charge is 0.444 e. The van der Waals surface area contributed by atoms with Gasteiger partial charge in [0.05, 0.1) is 12.1 Å². The Balaban J connectivity index is 2.61. The van der Waals surface area contributed by atoms with Crippen LogP contribution >= 0.6 is 0 Å². The maximum atomic E-state index is 12.1. The minimum atomic E-state index is -0.517. The van der Waals surface area contributed by atoms with Gasteiger partial charge in [0.25, 0.3) is 0 Å². The molecule has 2 N–H and O–H groups in total. The second-order valence-electron chi connectivity index (χ2n) is 6.48. The van der Waals surface area contributed by atoms with Gasteiger partial charge in [-0.15, -0.1) is 0 Å². The fraction of sp³-hybridized carbons (Fsp3) is 0.857. The first-order valence-corrected chi connectivity index (χ1v) is 7.12. The average molecular weight is 285 g/mol. The minimum Gasteiger partial charge on any atom is -0.444 e. The van der Waals surface area contributed by atoms with E-state index in [1.807, 2.05) is 20.8 Å². The maximum Gasteiger partial charge on any atom is 0.410 e. The molecule has 0 aromatic rings.